The van der Waals surface area contributed by atoms with Gasteiger partial charge < -0.3 is 15.3 Å². The van der Waals surface area contributed by atoms with Gasteiger partial charge in [-0.1, -0.05) is 0 Å². The predicted octanol–water partition coefficient (Wildman–Crippen LogP) is 1.04. The molecule has 2 heterocycles. The van der Waals surface area contributed by atoms with Crippen LogP contribution < -0.4 is 10.2 Å². The van der Waals surface area contributed by atoms with E-state index < -0.39 is 0 Å². The van der Waals surface area contributed by atoms with Crippen LogP contribution >= 0.6 is 0 Å². The standard InChI is InChI=1S/C14H21N3O2/c1-15-14(19)13-9-12(4-6-16-13)17-7-2-3-11(10-17)5-8-18/h4,6,9,11,18H,2-3,5,7-8,10H2,1H3,(H,15,19). The second-order valence-electron chi connectivity index (χ2n) is 4.94. The van der Waals surface area contributed by atoms with E-state index in [2.05, 4.69) is 15.2 Å². The largest absolute Gasteiger partial charge is 0.396 e. The average molecular weight is 263 g/mol. The molecular formula is C14H21N3O2. The number of aromatic nitrogens is 1. The molecule has 1 aromatic heterocycles. The number of carbonyl (C=O) groups excluding carboxylic acids is 1. The molecule has 1 aromatic rings. The topological polar surface area (TPSA) is 65.5 Å². The molecule has 2 rings (SSSR count). The summed E-state index contributed by atoms with van der Waals surface area (Å²) in [6, 6.07) is 3.77. The number of nitrogens with zero attached hydrogens (tertiary/aromatic N) is 2. The van der Waals surface area contributed by atoms with E-state index in [1.165, 1.54) is 6.42 Å². The maximum absolute atomic E-state index is 11.6. The van der Waals surface area contributed by atoms with Crippen molar-refractivity contribution in [3.05, 3.63) is 24.0 Å². The first-order valence-corrected chi connectivity index (χ1v) is 6.78. The number of aliphatic hydroxyl groups excluding tert-OH is 1. The number of pyridine rings is 1. The van der Waals surface area contributed by atoms with Crippen molar-refractivity contribution in [2.45, 2.75) is 19.3 Å². The van der Waals surface area contributed by atoms with Crippen molar-refractivity contribution in [2.24, 2.45) is 5.92 Å². The fraction of sp³-hybridized carbons (Fsp3) is 0.571. The monoisotopic (exact) mass is 263 g/mol. The van der Waals surface area contributed by atoms with Crippen LogP contribution in [0, 0.1) is 5.92 Å². The molecule has 1 amide bonds. The number of rotatable bonds is 4. The Balaban J connectivity index is 2.10. The minimum atomic E-state index is -0.161. The van der Waals surface area contributed by atoms with E-state index in [1.54, 1.807) is 13.2 Å². The minimum Gasteiger partial charge on any atom is -0.396 e. The Morgan fingerprint density at radius 3 is 3.21 bits per heavy atom. The summed E-state index contributed by atoms with van der Waals surface area (Å²) in [7, 11) is 1.61. The second kappa shape index (κ2) is 6.52. The lowest BCUT2D eigenvalue weighted by atomic mass is 9.95. The molecule has 0 radical (unpaired) electrons. The third-order valence-corrected chi connectivity index (χ3v) is 3.62. The summed E-state index contributed by atoms with van der Waals surface area (Å²) in [5.74, 6) is 0.376. The van der Waals surface area contributed by atoms with Gasteiger partial charge >= 0.3 is 0 Å². The van der Waals surface area contributed by atoms with Crippen molar-refractivity contribution in [1.29, 1.82) is 0 Å². The summed E-state index contributed by atoms with van der Waals surface area (Å²) in [4.78, 5) is 17.9. The Morgan fingerprint density at radius 2 is 2.47 bits per heavy atom. The average Bonchev–Trinajstić information content (AvgIpc) is 2.47. The van der Waals surface area contributed by atoms with Gasteiger partial charge in [0.15, 0.2) is 0 Å². The molecule has 0 spiro atoms. The lowest BCUT2D eigenvalue weighted by Crippen LogP contribution is -2.36. The quantitative estimate of drug-likeness (QED) is 0.852. The number of hydrogen-bond donors (Lipinski definition) is 2. The van der Waals surface area contributed by atoms with Crippen LogP contribution in [0.3, 0.4) is 0 Å². The van der Waals surface area contributed by atoms with Gasteiger partial charge in [0.05, 0.1) is 0 Å². The molecule has 19 heavy (non-hydrogen) atoms. The molecule has 0 bridgehead atoms. The highest BCUT2D eigenvalue weighted by molar-refractivity contribution is 5.92. The molecule has 0 aromatic carbocycles. The first-order chi connectivity index (χ1) is 9.24. The van der Waals surface area contributed by atoms with E-state index in [9.17, 15) is 4.79 Å². The fourth-order valence-electron chi connectivity index (χ4n) is 2.59. The van der Waals surface area contributed by atoms with Gasteiger partial charge in [0.2, 0.25) is 0 Å². The molecule has 0 aliphatic carbocycles. The van der Waals surface area contributed by atoms with Crippen LogP contribution in [-0.4, -0.2) is 42.7 Å². The van der Waals surface area contributed by atoms with Crippen LogP contribution in [0.25, 0.3) is 0 Å². The SMILES string of the molecule is CNC(=O)c1cc(N2CCCC(CCO)C2)ccn1. The van der Waals surface area contributed by atoms with Gasteiger partial charge in [-0.15, -0.1) is 0 Å². The summed E-state index contributed by atoms with van der Waals surface area (Å²) in [6.45, 7) is 2.19. The van der Waals surface area contributed by atoms with Crippen LogP contribution in [0.1, 0.15) is 29.8 Å². The van der Waals surface area contributed by atoms with E-state index in [-0.39, 0.29) is 12.5 Å². The lowest BCUT2D eigenvalue weighted by Gasteiger charge is -2.34. The molecule has 2 N–H and O–H groups in total. The van der Waals surface area contributed by atoms with Crippen LogP contribution in [0.15, 0.2) is 18.3 Å². The Hall–Kier alpha value is -1.62. The molecule has 1 aliphatic heterocycles. The molecule has 1 saturated heterocycles. The zero-order valence-corrected chi connectivity index (χ0v) is 11.3. The van der Waals surface area contributed by atoms with Gasteiger partial charge in [0.25, 0.3) is 5.91 Å². The minimum absolute atomic E-state index is 0.161. The number of amides is 1. The molecule has 1 fully saturated rings. The molecule has 104 valence electrons. The van der Waals surface area contributed by atoms with E-state index >= 15 is 0 Å². The van der Waals surface area contributed by atoms with Crippen LogP contribution in [0.4, 0.5) is 5.69 Å². The highest BCUT2D eigenvalue weighted by Gasteiger charge is 2.20. The zero-order chi connectivity index (χ0) is 13.7. The van der Waals surface area contributed by atoms with Crippen LogP contribution in [-0.2, 0) is 0 Å². The Morgan fingerprint density at radius 1 is 1.63 bits per heavy atom. The van der Waals surface area contributed by atoms with Gasteiger partial charge in [0.1, 0.15) is 5.69 Å². The van der Waals surface area contributed by atoms with E-state index in [0.29, 0.717) is 11.6 Å². The van der Waals surface area contributed by atoms with E-state index in [4.69, 9.17) is 5.11 Å². The summed E-state index contributed by atoms with van der Waals surface area (Å²) in [6.07, 6.45) is 4.83. The van der Waals surface area contributed by atoms with E-state index in [1.807, 2.05) is 12.1 Å². The van der Waals surface area contributed by atoms with Gasteiger partial charge in [0, 0.05) is 38.6 Å². The number of hydrogen-bond acceptors (Lipinski definition) is 4. The number of anilines is 1. The molecule has 5 heteroatoms. The van der Waals surface area contributed by atoms with Gasteiger partial charge in [-0.2, -0.15) is 0 Å². The number of aliphatic hydroxyl groups is 1. The second-order valence-corrected chi connectivity index (χ2v) is 4.94. The summed E-state index contributed by atoms with van der Waals surface area (Å²) < 4.78 is 0. The fourth-order valence-corrected chi connectivity index (χ4v) is 2.59. The highest BCUT2D eigenvalue weighted by Crippen LogP contribution is 2.24. The molecule has 0 saturated carbocycles. The number of carbonyl (C=O) groups is 1. The Kier molecular flexibility index (Phi) is 4.74. The molecule has 5 nitrogen and oxygen atoms in total. The van der Waals surface area contributed by atoms with Crippen molar-refractivity contribution in [2.75, 3.05) is 31.6 Å². The zero-order valence-electron chi connectivity index (χ0n) is 11.3. The van der Waals surface area contributed by atoms with Crippen LogP contribution in [0.5, 0.6) is 0 Å². The highest BCUT2D eigenvalue weighted by atomic mass is 16.3. The first kappa shape index (κ1) is 13.8. The van der Waals surface area contributed by atoms with Crippen molar-refractivity contribution in [3.8, 4) is 0 Å². The summed E-state index contributed by atoms with van der Waals surface area (Å²) in [5, 5.41) is 11.6. The van der Waals surface area contributed by atoms with Crippen molar-refractivity contribution < 1.29 is 9.90 Å². The lowest BCUT2D eigenvalue weighted by molar-refractivity contribution is 0.0958. The third kappa shape index (κ3) is 3.44. The van der Waals surface area contributed by atoms with Crippen LogP contribution in [0.2, 0.25) is 0 Å². The first-order valence-electron chi connectivity index (χ1n) is 6.78. The maximum Gasteiger partial charge on any atom is 0.269 e. The third-order valence-electron chi connectivity index (χ3n) is 3.62. The molecule has 1 aliphatic rings. The smallest absolute Gasteiger partial charge is 0.269 e. The normalized spacial score (nSPS) is 19.3. The van der Waals surface area contributed by atoms with Gasteiger partial charge in [-0.25, -0.2) is 0 Å². The summed E-state index contributed by atoms with van der Waals surface area (Å²) >= 11 is 0. The molecular weight excluding hydrogens is 242 g/mol. The Bertz CT molecular complexity index is 434. The maximum atomic E-state index is 11.6. The van der Waals surface area contributed by atoms with Crippen molar-refractivity contribution in [3.63, 3.8) is 0 Å². The molecule has 1 atom stereocenters. The predicted molar refractivity (Wildman–Crippen MR) is 74.3 cm³/mol. The van der Waals surface area contributed by atoms with E-state index in [0.717, 1.165) is 31.6 Å². The Labute approximate surface area is 113 Å². The van der Waals surface area contributed by atoms with Crippen molar-refractivity contribution in [1.82, 2.24) is 10.3 Å². The summed E-state index contributed by atoms with van der Waals surface area (Å²) in [5.41, 5.74) is 1.49. The van der Waals surface area contributed by atoms with Gasteiger partial charge in [-0.05, 0) is 37.3 Å². The number of nitrogens with one attached hydrogen (secondary N) is 1. The number of piperidine rings is 1. The molecule has 1 unspecified atom stereocenters. The van der Waals surface area contributed by atoms with Crippen molar-refractivity contribution >= 4 is 11.6 Å². The van der Waals surface area contributed by atoms with Gasteiger partial charge in [-0.3, -0.25) is 9.78 Å².